The van der Waals surface area contributed by atoms with Crippen molar-refractivity contribution >= 4 is 21.6 Å². The summed E-state index contributed by atoms with van der Waals surface area (Å²) in [6.07, 6.45) is 0. The van der Waals surface area contributed by atoms with Gasteiger partial charge in [0.1, 0.15) is 12.4 Å². The number of rotatable bonds is 9. The average Bonchev–Trinajstić information content (AvgIpc) is 2.80. The number of nitrogens with one attached hydrogen (secondary N) is 1. The van der Waals surface area contributed by atoms with Crippen LogP contribution in [-0.2, 0) is 21.4 Å². The van der Waals surface area contributed by atoms with Gasteiger partial charge in [0, 0.05) is 12.6 Å². The van der Waals surface area contributed by atoms with Crippen LogP contribution in [0, 0.1) is 19.7 Å². The standard InChI is InChI=1S/C25H27FN2O5S/c1-17-11-18(2)13-21(12-17)28(16-25(29)27-15-19-5-7-20(26)8-6-19)34(30,31)22-9-10-23(32-3)24(14-22)33-4/h5-14H,15-16H2,1-4H3,(H,27,29). The summed E-state index contributed by atoms with van der Waals surface area (Å²) < 4.78 is 52.0. The van der Waals surface area contributed by atoms with Crippen LogP contribution in [0.1, 0.15) is 16.7 Å². The van der Waals surface area contributed by atoms with Gasteiger partial charge in [-0.1, -0.05) is 18.2 Å². The monoisotopic (exact) mass is 486 g/mol. The molecule has 0 aliphatic rings. The van der Waals surface area contributed by atoms with Crippen LogP contribution >= 0.6 is 0 Å². The molecule has 0 aromatic heterocycles. The van der Waals surface area contributed by atoms with Gasteiger partial charge in [-0.15, -0.1) is 0 Å². The molecule has 180 valence electrons. The maximum atomic E-state index is 13.7. The van der Waals surface area contributed by atoms with E-state index in [1.807, 2.05) is 19.9 Å². The molecule has 0 radical (unpaired) electrons. The fourth-order valence-corrected chi connectivity index (χ4v) is 4.92. The zero-order valence-electron chi connectivity index (χ0n) is 19.5. The molecule has 3 aromatic carbocycles. The van der Waals surface area contributed by atoms with Crippen molar-refractivity contribution < 1.29 is 27.1 Å². The van der Waals surface area contributed by atoms with Crippen LogP contribution in [0.2, 0.25) is 0 Å². The number of amides is 1. The minimum Gasteiger partial charge on any atom is -0.493 e. The van der Waals surface area contributed by atoms with Crippen LogP contribution in [0.5, 0.6) is 11.5 Å². The molecule has 0 fully saturated rings. The molecule has 0 saturated carbocycles. The van der Waals surface area contributed by atoms with Crippen LogP contribution in [0.3, 0.4) is 0 Å². The Bertz CT molecular complexity index is 1260. The number of aryl methyl sites for hydroxylation is 2. The third-order valence-corrected chi connectivity index (χ3v) is 6.90. The molecule has 0 bridgehead atoms. The number of carbonyl (C=O) groups excluding carboxylic acids is 1. The van der Waals surface area contributed by atoms with Crippen molar-refractivity contribution in [2.75, 3.05) is 25.1 Å². The number of nitrogens with zero attached hydrogens (tertiary/aromatic N) is 1. The highest BCUT2D eigenvalue weighted by molar-refractivity contribution is 7.92. The minimum atomic E-state index is -4.14. The maximum Gasteiger partial charge on any atom is 0.264 e. The number of ether oxygens (including phenoxy) is 2. The van der Waals surface area contributed by atoms with E-state index >= 15 is 0 Å². The number of hydrogen-bond acceptors (Lipinski definition) is 5. The Hall–Kier alpha value is -3.59. The second-order valence-corrected chi connectivity index (χ2v) is 9.64. The fraction of sp³-hybridized carbons (Fsp3) is 0.240. The zero-order chi connectivity index (χ0) is 24.9. The first-order valence-electron chi connectivity index (χ1n) is 10.5. The van der Waals surface area contributed by atoms with Gasteiger partial charge in [-0.3, -0.25) is 9.10 Å². The maximum absolute atomic E-state index is 13.7. The Kier molecular flexibility index (Phi) is 7.78. The Morgan fingerprint density at radius 1 is 0.912 bits per heavy atom. The van der Waals surface area contributed by atoms with Crippen molar-refractivity contribution in [2.45, 2.75) is 25.3 Å². The molecular formula is C25H27FN2O5S. The predicted molar refractivity (Wildman–Crippen MR) is 128 cm³/mol. The normalized spacial score (nSPS) is 11.1. The van der Waals surface area contributed by atoms with Gasteiger partial charge < -0.3 is 14.8 Å². The van der Waals surface area contributed by atoms with Gasteiger partial charge in [0.05, 0.1) is 24.8 Å². The average molecular weight is 487 g/mol. The summed E-state index contributed by atoms with van der Waals surface area (Å²) in [6, 6.07) is 15.3. The molecule has 0 aliphatic carbocycles. The molecular weight excluding hydrogens is 459 g/mol. The lowest BCUT2D eigenvalue weighted by molar-refractivity contribution is -0.119. The summed E-state index contributed by atoms with van der Waals surface area (Å²) in [6.45, 7) is 3.40. The van der Waals surface area contributed by atoms with Crippen LogP contribution in [0.4, 0.5) is 10.1 Å². The third kappa shape index (κ3) is 5.85. The first kappa shape index (κ1) is 25.0. The molecule has 3 rings (SSSR count). The van der Waals surface area contributed by atoms with Crippen LogP contribution in [-0.4, -0.2) is 35.1 Å². The molecule has 1 amide bonds. The second-order valence-electron chi connectivity index (χ2n) is 7.78. The van der Waals surface area contributed by atoms with Crippen molar-refractivity contribution in [3.05, 3.63) is 83.2 Å². The quantitative estimate of drug-likeness (QED) is 0.495. The topological polar surface area (TPSA) is 84.9 Å². The van der Waals surface area contributed by atoms with Crippen molar-refractivity contribution in [1.29, 1.82) is 0 Å². The molecule has 0 spiro atoms. The van der Waals surface area contributed by atoms with E-state index in [-0.39, 0.29) is 23.0 Å². The highest BCUT2D eigenvalue weighted by Crippen LogP contribution is 2.32. The molecule has 0 saturated heterocycles. The first-order valence-corrected chi connectivity index (χ1v) is 11.9. The van der Waals surface area contributed by atoms with E-state index in [0.717, 1.165) is 15.4 Å². The Morgan fingerprint density at radius 2 is 1.53 bits per heavy atom. The number of hydrogen-bond donors (Lipinski definition) is 1. The summed E-state index contributed by atoms with van der Waals surface area (Å²) in [7, 11) is -1.27. The second kappa shape index (κ2) is 10.6. The van der Waals surface area contributed by atoms with Gasteiger partial charge >= 0.3 is 0 Å². The highest BCUT2D eigenvalue weighted by Gasteiger charge is 2.28. The molecule has 0 unspecified atom stereocenters. The molecule has 1 N–H and O–H groups in total. The lowest BCUT2D eigenvalue weighted by Crippen LogP contribution is -2.40. The molecule has 0 heterocycles. The smallest absolute Gasteiger partial charge is 0.264 e. The van der Waals surface area contributed by atoms with Gasteiger partial charge in [0.15, 0.2) is 11.5 Å². The number of benzene rings is 3. The van der Waals surface area contributed by atoms with E-state index in [0.29, 0.717) is 17.0 Å². The molecule has 34 heavy (non-hydrogen) atoms. The highest BCUT2D eigenvalue weighted by atomic mass is 32.2. The van der Waals surface area contributed by atoms with Gasteiger partial charge in [0.2, 0.25) is 5.91 Å². The van der Waals surface area contributed by atoms with Crippen molar-refractivity contribution in [1.82, 2.24) is 5.32 Å². The van der Waals surface area contributed by atoms with Crippen molar-refractivity contribution in [2.24, 2.45) is 0 Å². The third-order valence-electron chi connectivity index (χ3n) is 5.13. The molecule has 7 nitrogen and oxygen atoms in total. The van der Waals surface area contributed by atoms with Gasteiger partial charge in [0.25, 0.3) is 10.0 Å². The lowest BCUT2D eigenvalue weighted by Gasteiger charge is -2.25. The molecule has 0 atom stereocenters. The minimum absolute atomic E-state index is 0.0457. The summed E-state index contributed by atoms with van der Waals surface area (Å²) >= 11 is 0. The first-order chi connectivity index (χ1) is 16.1. The van der Waals surface area contributed by atoms with Gasteiger partial charge in [-0.2, -0.15) is 0 Å². The van der Waals surface area contributed by atoms with Gasteiger partial charge in [-0.25, -0.2) is 12.8 Å². The summed E-state index contributed by atoms with van der Waals surface area (Å²) in [4.78, 5) is 12.8. The summed E-state index contributed by atoms with van der Waals surface area (Å²) in [5.41, 5.74) is 2.77. The van der Waals surface area contributed by atoms with E-state index in [1.165, 1.54) is 44.6 Å². The van der Waals surface area contributed by atoms with E-state index in [4.69, 9.17) is 9.47 Å². The fourth-order valence-electron chi connectivity index (χ4n) is 3.50. The van der Waals surface area contributed by atoms with E-state index in [2.05, 4.69) is 5.32 Å². The van der Waals surface area contributed by atoms with Gasteiger partial charge in [-0.05, 0) is 66.9 Å². The number of carbonyl (C=O) groups is 1. The van der Waals surface area contributed by atoms with Crippen LogP contribution in [0.25, 0.3) is 0 Å². The Morgan fingerprint density at radius 3 is 2.12 bits per heavy atom. The Labute approximate surface area is 199 Å². The molecule has 3 aromatic rings. The molecule has 0 aliphatic heterocycles. The number of anilines is 1. The van der Waals surface area contributed by atoms with E-state index in [9.17, 15) is 17.6 Å². The number of sulfonamides is 1. The van der Waals surface area contributed by atoms with Crippen molar-refractivity contribution in [3.63, 3.8) is 0 Å². The van der Waals surface area contributed by atoms with Crippen LogP contribution in [0.15, 0.2) is 65.6 Å². The summed E-state index contributed by atoms with van der Waals surface area (Å²) in [5, 5.41) is 2.70. The Balaban J connectivity index is 1.95. The molecule has 9 heteroatoms. The van der Waals surface area contributed by atoms with Crippen LogP contribution < -0.4 is 19.1 Å². The summed E-state index contributed by atoms with van der Waals surface area (Å²) in [5.74, 6) is -0.245. The predicted octanol–water partition coefficient (Wildman–Crippen LogP) is 3.97. The number of methoxy groups -OCH3 is 2. The SMILES string of the molecule is COc1ccc(S(=O)(=O)N(CC(=O)NCc2ccc(F)cc2)c2cc(C)cc(C)c2)cc1OC. The van der Waals surface area contributed by atoms with E-state index < -0.39 is 22.5 Å². The largest absolute Gasteiger partial charge is 0.493 e. The van der Waals surface area contributed by atoms with Crippen molar-refractivity contribution in [3.8, 4) is 11.5 Å². The number of halogens is 1. The van der Waals surface area contributed by atoms with E-state index in [1.54, 1.807) is 24.3 Å². The zero-order valence-corrected chi connectivity index (χ0v) is 20.3. The lowest BCUT2D eigenvalue weighted by atomic mass is 10.1.